The van der Waals surface area contributed by atoms with Crippen molar-refractivity contribution < 1.29 is 18.0 Å². The lowest BCUT2D eigenvalue weighted by molar-refractivity contribution is -0.121. The molecule has 0 aromatic heterocycles. The van der Waals surface area contributed by atoms with E-state index >= 15 is 0 Å². The van der Waals surface area contributed by atoms with Crippen LogP contribution in [0.1, 0.15) is 36.5 Å². The molecule has 7 nitrogen and oxygen atoms in total. The number of benzene rings is 2. The zero-order chi connectivity index (χ0) is 19.9. The number of nitrogens with one attached hydrogen (secondary N) is 3. The number of hydrogen-bond donors (Lipinski definition) is 3. The van der Waals surface area contributed by atoms with E-state index in [-0.39, 0.29) is 16.4 Å². The normalized spacial score (nSPS) is 10.9. The van der Waals surface area contributed by atoms with Gasteiger partial charge in [-0.25, -0.2) is 8.42 Å². The second-order valence-electron chi connectivity index (χ2n) is 5.75. The largest absolute Gasteiger partial charge is 0.280 e. The molecule has 0 aliphatic rings. The van der Waals surface area contributed by atoms with Crippen LogP contribution in [0.4, 0.5) is 5.69 Å². The molecule has 0 heterocycles. The number of sulfonamides is 1. The fraction of sp³-hybridized carbons (Fsp3) is 0.222. The van der Waals surface area contributed by atoms with Gasteiger partial charge in [0.2, 0.25) is 5.91 Å². The average molecular weight is 410 g/mol. The summed E-state index contributed by atoms with van der Waals surface area (Å²) in [6, 6.07) is 11.7. The minimum absolute atomic E-state index is 0.0811. The molecule has 9 heteroatoms. The van der Waals surface area contributed by atoms with Gasteiger partial charge in [-0.1, -0.05) is 31.0 Å². The molecule has 2 aromatic rings. The summed E-state index contributed by atoms with van der Waals surface area (Å²) in [6.07, 6.45) is 1.88. The highest BCUT2D eigenvalue weighted by molar-refractivity contribution is 7.92. The van der Waals surface area contributed by atoms with E-state index in [1.54, 1.807) is 12.1 Å². The fourth-order valence-corrected chi connectivity index (χ4v) is 3.37. The molecule has 0 bridgehead atoms. The molecule has 0 atom stereocenters. The maximum Gasteiger partial charge on any atom is 0.269 e. The molecule has 0 saturated heterocycles. The highest BCUT2D eigenvalue weighted by atomic mass is 35.5. The molecule has 144 valence electrons. The van der Waals surface area contributed by atoms with E-state index < -0.39 is 15.9 Å². The molecule has 0 spiro atoms. The smallest absolute Gasteiger partial charge is 0.269 e. The minimum atomic E-state index is -3.89. The van der Waals surface area contributed by atoms with Gasteiger partial charge in [-0.3, -0.25) is 25.2 Å². The third kappa shape index (κ3) is 6.26. The predicted molar refractivity (Wildman–Crippen MR) is 104 cm³/mol. The van der Waals surface area contributed by atoms with Crippen molar-refractivity contribution in [1.82, 2.24) is 10.9 Å². The van der Waals surface area contributed by atoms with Gasteiger partial charge >= 0.3 is 0 Å². The molecule has 0 fully saturated rings. The molecule has 0 aliphatic heterocycles. The molecule has 2 rings (SSSR count). The summed E-state index contributed by atoms with van der Waals surface area (Å²) >= 11 is 5.78. The van der Waals surface area contributed by atoms with Gasteiger partial charge in [0.1, 0.15) is 0 Å². The van der Waals surface area contributed by atoms with E-state index in [4.69, 9.17) is 11.6 Å². The Hall–Kier alpha value is -2.58. The van der Waals surface area contributed by atoms with Crippen molar-refractivity contribution in [2.24, 2.45) is 0 Å². The molecule has 3 N–H and O–H groups in total. The van der Waals surface area contributed by atoms with Crippen LogP contribution >= 0.6 is 11.6 Å². The average Bonchev–Trinajstić information content (AvgIpc) is 2.66. The van der Waals surface area contributed by atoms with Crippen LogP contribution < -0.4 is 15.6 Å². The third-order valence-corrected chi connectivity index (χ3v) is 5.21. The second kappa shape index (κ2) is 9.38. The maximum atomic E-state index is 12.5. The summed E-state index contributed by atoms with van der Waals surface area (Å²) in [4.78, 5) is 23.6. The molecule has 0 saturated carbocycles. The summed E-state index contributed by atoms with van der Waals surface area (Å²) < 4.78 is 27.4. The molecule has 2 amide bonds. The van der Waals surface area contributed by atoms with Crippen molar-refractivity contribution in [3.05, 3.63) is 59.1 Å². The Kier molecular flexibility index (Phi) is 7.20. The lowest BCUT2D eigenvalue weighted by atomic mass is 10.2. The number of rotatable bonds is 7. The molecule has 0 unspecified atom stereocenters. The lowest BCUT2D eigenvalue weighted by Gasteiger charge is -2.10. The van der Waals surface area contributed by atoms with Gasteiger partial charge in [0.25, 0.3) is 15.9 Å². The lowest BCUT2D eigenvalue weighted by Crippen LogP contribution is -2.41. The van der Waals surface area contributed by atoms with Crippen molar-refractivity contribution in [1.29, 1.82) is 0 Å². The molecule has 27 heavy (non-hydrogen) atoms. The van der Waals surface area contributed by atoms with Crippen molar-refractivity contribution in [3.8, 4) is 0 Å². The van der Waals surface area contributed by atoms with Crippen molar-refractivity contribution >= 4 is 39.1 Å². The maximum absolute atomic E-state index is 12.5. The fourth-order valence-electron chi connectivity index (χ4n) is 2.13. The van der Waals surface area contributed by atoms with Crippen LogP contribution in [0.5, 0.6) is 0 Å². The summed E-state index contributed by atoms with van der Waals surface area (Å²) in [5.41, 5.74) is 5.02. The molecular formula is C18H20ClN3O4S. The molecule has 0 radical (unpaired) electrons. The summed E-state index contributed by atoms with van der Waals surface area (Å²) in [7, 11) is -3.89. The predicted octanol–water partition coefficient (Wildman–Crippen LogP) is 3.09. The highest BCUT2D eigenvalue weighted by Crippen LogP contribution is 2.19. The number of anilines is 1. The van der Waals surface area contributed by atoms with E-state index in [1.807, 2.05) is 6.92 Å². The Labute approximate surface area is 163 Å². The topological polar surface area (TPSA) is 104 Å². The first-order valence-electron chi connectivity index (χ1n) is 8.29. The van der Waals surface area contributed by atoms with Gasteiger partial charge in [-0.2, -0.15) is 0 Å². The number of carbonyl (C=O) groups excluding carboxylic acids is 2. The van der Waals surface area contributed by atoms with Crippen LogP contribution in [0.2, 0.25) is 5.02 Å². The quantitative estimate of drug-likeness (QED) is 0.611. The Morgan fingerprint density at radius 3 is 2.41 bits per heavy atom. The number of halogens is 1. The van der Waals surface area contributed by atoms with Gasteiger partial charge < -0.3 is 0 Å². The van der Waals surface area contributed by atoms with Gasteiger partial charge in [-0.05, 0) is 48.9 Å². The van der Waals surface area contributed by atoms with Crippen LogP contribution in [0.15, 0.2) is 53.4 Å². The first kappa shape index (κ1) is 20.7. The van der Waals surface area contributed by atoms with Gasteiger partial charge in [0.15, 0.2) is 0 Å². The first-order chi connectivity index (χ1) is 12.8. The Morgan fingerprint density at radius 1 is 1.04 bits per heavy atom. The number of amides is 2. The Bertz CT molecular complexity index is 914. The summed E-state index contributed by atoms with van der Waals surface area (Å²) in [5.74, 6) is -0.915. The summed E-state index contributed by atoms with van der Waals surface area (Å²) in [6.45, 7) is 1.95. The number of hydrazine groups is 1. The number of unbranched alkanes of at least 4 members (excludes halogenated alkanes) is 1. The van der Waals surface area contributed by atoms with Gasteiger partial charge in [0.05, 0.1) is 4.90 Å². The van der Waals surface area contributed by atoms with E-state index in [1.165, 1.54) is 36.4 Å². The van der Waals surface area contributed by atoms with E-state index in [0.717, 1.165) is 6.42 Å². The van der Waals surface area contributed by atoms with Crippen LogP contribution in [-0.2, 0) is 14.8 Å². The van der Waals surface area contributed by atoms with Crippen molar-refractivity contribution in [2.45, 2.75) is 31.1 Å². The zero-order valence-electron chi connectivity index (χ0n) is 14.7. The van der Waals surface area contributed by atoms with E-state index in [2.05, 4.69) is 15.6 Å². The van der Waals surface area contributed by atoms with Gasteiger partial charge in [-0.15, -0.1) is 0 Å². The third-order valence-electron chi connectivity index (χ3n) is 3.58. The van der Waals surface area contributed by atoms with Crippen LogP contribution in [0.25, 0.3) is 0 Å². The summed E-state index contributed by atoms with van der Waals surface area (Å²) in [5, 5.41) is 0.484. The monoisotopic (exact) mass is 409 g/mol. The van der Waals surface area contributed by atoms with Crippen molar-refractivity contribution in [2.75, 3.05) is 4.72 Å². The van der Waals surface area contributed by atoms with Gasteiger partial charge in [0, 0.05) is 22.7 Å². The molecule has 2 aromatic carbocycles. The van der Waals surface area contributed by atoms with Crippen LogP contribution in [-0.4, -0.2) is 20.2 Å². The highest BCUT2D eigenvalue weighted by Gasteiger charge is 2.17. The minimum Gasteiger partial charge on any atom is -0.280 e. The SMILES string of the molecule is CCCCC(=O)NNC(=O)c1cccc(S(=O)(=O)Nc2ccc(Cl)cc2)c1. The van der Waals surface area contributed by atoms with Crippen LogP contribution in [0, 0.1) is 0 Å². The number of carbonyl (C=O) groups is 2. The Morgan fingerprint density at radius 2 is 1.74 bits per heavy atom. The standard InChI is InChI=1S/C18H20ClN3O4S/c1-2-3-7-17(23)20-21-18(24)13-5-4-6-16(12-13)27(25,26)22-15-10-8-14(19)9-11-15/h4-6,8-12,22H,2-3,7H2,1H3,(H,20,23)(H,21,24). The first-order valence-corrected chi connectivity index (χ1v) is 10.2. The molecular weight excluding hydrogens is 390 g/mol. The molecule has 0 aliphatic carbocycles. The Balaban J connectivity index is 2.08. The second-order valence-corrected chi connectivity index (χ2v) is 7.86. The van der Waals surface area contributed by atoms with E-state index in [0.29, 0.717) is 23.6 Å². The van der Waals surface area contributed by atoms with Crippen molar-refractivity contribution in [3.63, 3.8) is 0 Å². The van der Waals surface area contributed by atoms with E-state index in [9.17, 15) is 18.0 Å². The number of hydrogen-bond acceptors (Lipinski definition) is 4. The van der Waals surface area contributed by atoms with Crippen LogP contribution in [0.3, 0.4) is 0 Å². The zero-order valence-corrected chi connectivity index (χ0v) is 16.2.